The van der Waals surface area contributed by atoms with Gasteiger partial charge in [-0.15, -0.1) is 0 Å². The molecule has 0 bridgehead atoms. The largest absolute Gasteiger partial charge is 0.434 e. The number of alkyl halides is 3. The van der Waals surface area contributed by atoms with E-state index in [1.54, 1.807) is 18.2 Å². The Morgan fingerprint density at radius 2 is 1.50 bits per heavy atom. The number of halogens is 3. The number of benzene rings is 2. The summed E-state index contributed by atoms with van der Waals surface area (Å²) in [5.74, 6) is -2.65. The van der Waals surface area contributed by atoms with Gasteiger partial charge in [-0.2, -0.15) is 18.4 Å². The molecule has 2 atom stereocenters. The minimum absolute atomic E-state index is 0.0942. The van der Waals surface area contributed by atoms with Crippen LogP contribution in [-0.4, -0.2) is 25.2 Å². The normalized spacial score (nSPS) is 14.7. The monoisotopic (exact) mass is 447 g/mol. The van der Waals surface area contributed by atoms with Crippen LogP contribution in [0.5, 0.6) is 0 Å². The number of Topliss-reactive ketones (excluding diaryl/α,β-unsaturated/α-hetero) is 1. The van der Waals surface area contributed by atoms with Gasteiger partial charge in [0.2, 0.25) is 5.41 Å². The molecule has 0 aliphatic carbocycles. The van der Waals surface area contributed by atoms with Crippen LogP contribution in [-0.2, 0) is 31.3 Å². The van der Waals surface area contributed by atoms with Crippen LogP contribution in [0.3, 0.4) is 0 Å². The molecule has 0 radical (unpaired) electrons. The van der Waals surface area contributed by atoms with Crippen molar-refractivity contribution >= 4 is 11.8 Å². The quantitative estimate of drug-likeness (QED) is 0.264. The van der Waals surface area contributed by atoms with E-state index in [0.717, 1.165) is 23.8 Å². The standard InChI is InChI=1S/C24H24F3NO4/c1-15(31-5)32-21(30)23(14-28,17-12-10-16(11-13-17)22(2,3)4)20(29)18-8-6-7-9-19(18)24(25,26)27/h6-13,15H,1-5H3. The van der Waals surface area contributed by atoms with Gasteiger partial charge in [0, 0.05) is 12.7 Å². The lowest BCUT2D eigenvalue weighted by Crippen LogP contribution is -2.45. The highest BCUT2D eigenvalue weighted by molar-refractivity contribution is 6.20. The fraction of sp³-hybridized carbons (Fsp3) is 0.375. The number of carbonyl (C=O) groups is 2. The zero-order valence-electron chi connectivity index (χ0n) is 18.4. The zero-order valence-corrected chi connectivity index (χ0v) is 18.4. The van der Waals surface area contributed by atoms with Crippen molar-refractivity contribution in [2.75, 3.05) is 7.11 Å². The molecular weight excluding hydrogens is 423 g/mol. The highest BCUT2D eigenvalue weighted by Crippen LogP contribution is 2.38. The summed E-state index contributed by atoms with van der Waals surface area (Å²) < 4.78 is 50.7. The molecule has 2 rings (SSSR count). The minimum Gasteiger partial charge on any atom is -0.434 e. The number of hydrogen-bond acceptors (Lipinski definition) is 5. The smallest absolute Gasteiger partial charge is 0.417 e. The summed E-state index contributed by atoms with van der Waals surface area (Å²) in [6, 6.07) is 11.7. The van der Waals surface area contributed by atoms with Gasteiger partial charge in [-0.3, -0.25) is 4.79 Å². The van der Waals surface area contributed by atoms with E-state index in [1.807, 2.05) is 20.8 Å². The summed E-state index contributed by atoms with van der Waals surface area (Å²) in [6.07, 6.45) is -6.00. The molecule has 0 saturated heterocycles. The van der Waals surface area contributed by atoms with E-state index in [2.05, 4.69) is 0 Å². The molecule has 8 heteroatoms. The van der Waals surface area contributed by atoms with Crippen LogP contribution in [0, 0.1) is 11.3 Å². The number of carbonyl (C=O) groups excluding carboxylic acids is 2. The molecule has 0 aliphatic heterocycles. The van der Waals surface area contributed by atoms with E-state index in [0.29, 0.717) is 0 Å². The summed E-state index contributed by atoms with van der Waals surface area (Å²) in [4.78, 5) is 26.6. The Balaban J connectivity index is 2.76. The zero-order chi connectivity index (χ0) is 24.3. The van der Waals surface area contributed by atoms with Crippen LogP contribution in [0.2, 0.25) is 0 Å². The molecule has 170 valence electrons. The van der Waals surface area contributed by atoms with E-state index >= 15 is 0 Å². The van der Waals surface area contributed by atoms with Crippen molar-refractivity contribution in [1.82, 2.24) is 0 Å². The number of hydrogen-bond donors (Lipinski definition) is 0. The van der Waals surface area contributed by atoms with Crippen LogP contribution in [0.4, 0.5) is 13.2 Å². The third kappa shape index (κ3) is 4.83. The Morgan fingerprint density at radius 3 is 1.97 bits per heavy atom. The van der Waals surface area contributed by atoms with Gasteiger partial charge in [0.1, 0.15) is 0 Å². The summed E-state index contributed by atoms with van der Waals surface area (Å²) in [5.41, 5.74) is -4.23. The molecule has 0 spiro atoms. The molecular formula is C24H24F3NO4. The first-order valence-corrected chi connectivity index (χ1v) is 9.76. The third-order valence-corrected chi connectivity index (χ3v) is 5.08. The highest BCUT2D eigenvalue weighted by Gasteiger charge is 2.52. The Bertz CT molecular complexity index is 1030. The Kier molecular flexibility index (Phi) is 7.16. The van der Waals surface area contributed by atoms with Crippen LogP contribution in [0.25, 0.3) is 0 Å². The van der Waals surface area contributed by atoms with E-state index in [4.69, 9.17) is 9.47 Å². The van der Waals surface area contributed by atoms with Crippen molar-refractivity contribution < 1.29 is 32.2 Å². The van der Waals surface area contributed by atoms with E-state index in [9.17, 15) is 28.0 Å². The lowest BCUT2D eigenvalue weighted by molar-refractivity contribution is -0.172. The summed E-state index contributed by atoms with van der Waals surface area (Å²) >= 11 is 0. The second-order valence-electron chi connectivity index (χ2n) is 8.27. The molecule has 0 N–H and O–H groups in total. The molecule has 2 aromatic carbocycles. The van der Waals surface area contributed by atoms with Gasteiger partial charge in [-0.1, -0.05) is 63.2 Å². The number of rotatable bonds is 6. The van der Waals surface area contributed by atoms with Gasteiger partial charge in [0.05, 0.1) is 11.6 Å². The Labute approximate surface area is 184 Å². The van der Waals surface area contributed by atoms with Gasteiger partial charge in [0.15, 0.2) is 12.1 Å². The fourth-order valence-electron chi connectivity index (χ4n) is 3.14. The topological polar surface area (TPSA) is 76.4 Å². The van der Waals surface area contributed by atoms with Crippen molar-refractivity contribution in [1.29, 1.82) is 5.26 Å². The van der Waals surface area contributed by atoms with E-state index < -0.39 is 40.8 Å². The maximum Gasteiger partial charge on any atom is 0.417 e. The molecule has 0 saturated carbocycles. The number of nitrogens with zero attached hydrogens (tertiary/aromatic N) is 1. The SMILES string of the molecule is COC(C)OC(=O)C(C#N)(C(=O)c1ccccc1C(F)(F)F)c1ccc(C(C)(C)C)cc1. The fourth-order valence-corrected chi connectivity index (χ4v) is 3.14. The maximum atomic E-state index is 13.6. The first-order valence-electron chi connectivity index (χ1n) is 9.76. The van der Waals surface area contributed by atoms with Crippen LogP contribution >= 0.6 is 0 Å². The predicted molar refractivity (Wildman–Crippen MR) is 111 cm³/mol. The van der Waals surface area contributed by atoms with Crippen molar-refractivity contribution in [2.24, 2.45) is 0 Å². The third-order valence-electron chi connectivity index (χ3n) is 5.08. The molecule has 32 heavy (non-hydrogen) atoms. The molecule has 0 amide bonds. The van der Waals surface area contributed by atoms with E-state index in [-0.39, 0.29) is 11.0 Å². The van der Waals surface area contributed by atoms with E-state index in [1.165, 1.54) is 32.2 Å². The van der Waals surface area contributed by atoms with Crippen molar-refractivity contribution in [3.05, 3.63) is 70.8 Å². The number of nitriles is 1. The molecule has 2 unspecified atom stereocenters. The molecule has 0 aliphatic rings. The van der Waals surface area contributed by atoms with Gasteiger partial charge in [0.25, 0.3) is 0 Å². The van der Waals surface area contributed by atoms with Crippen molar-refractivity contribution in [2.45, 2.75) is 51.0 Å². The number of esters is 1. The molecule has 0 fully saturated rings. The number of ether oxygens (including phenoxy) is 2. The summed E-state index contributed by atoms with van der Waals surface area (Å²) in [5, 5.41) is 10.0. The first kappa shape index (κ1) is 25.1. The molecule has 0 aromatic heterocycles. The van der Waals surface area contributed by atoms with Crippen molar-refractivity contribution in [3.8, 4) is 6.07 Å². The van der Waals surface area contributed by atoms with Gasteiger partial charge in [-0.25, -0.2) is 4.79 Å². The summed E-state index contributed by atoms with van der Waals surface area (Å²) in [7, 11) is 1.24. The molecule has 5 nitrogen and oxygen atoms in total. The minimum atomic E-state index is -4.87. The second kappa shape index (κ2) is 9.13. The molecule has 0 heterocycles. The highest BCUT2D eigenvalue weighted by atomic mass is 19.4. The van der Waals surface area contributed by atoms with Gasteiger partial charge < -0.3 is 9.47 Å². The Hall–Kier alpha value is -3.18. The van der Waals surface area contributed by atoms with Crippen LogP contribution < -0.4 is 0 Å². The predicted octanol–water partition coefficient (Wildman–Crippen LogP) is 5.18. The number of methoxy groups -OCH3 is 1. The average molecular weight is 447 g/mol. The second-order valence-corrected chi connectivity index (χ2v) is 8.27. The Morgan fingerprint density at radius 1 is 0.969 bits per heavy atom. The van der Waals surface area contributed by atoms with Crippen LogP contribution in [0.1, 0.15) is 54.7 Å². The molecule has 2 aromatic rings. The number of ketones is 1. The first-order chi connectivity index (χ1) is 14.8. The van der Waals surface area contributed by atoms with Crippen LogP contribution in [0.15, 0.2) is 48.5 Å². The van der Waals surface area contributed by atoms with Gasteiger partial charge in [-0.05, 0) is 29.5 Å². The maximum absolute atomic E-state index is 13.6. The summed E-state index contributed by atoms with van der Waals surface area (Å²) in [6.45, 7) is 7.19. The average Bonchev–Trinajstić information content (AvgIpc) is 2.73. The van der Waals surface area contributed by atoms with Crippen molar-refractivity contribution in [3.63, 3.8) is 0 Å². The van der Waals surface area contributed by atoms with Gasteiger partial charge >= 0.3 is 12.1 Å². The lowest BCUT2D eigenvalue weighted by Gasteiger charge is -2.27. The lowest BCUT2D eigenvalue weighted by atomic mass is 9.73.